The van der Waals surface area contributed by atoms with E-state index in [-0.39, 0.29) is 18.2 Å². The van der Waals surface area contributed by atoms with Gasteiger partial charge in [-0.2, -0.15) is 0 Å². The predicted molar refractivity (Wildman–Crippen MR) is 105 cm³/mol. The van der Waals surface area contributed by atoms with Gasteiger partial charge in [0.15, 0.2) is 11.5 Å². The highest BCUT2D eigenvalue weighted by Crippen LogP contribution is 2.34. The standard InChI is InChI=1S/C21H24N2O5/c1-26-17-7-5-4-6-14(17)12-22-21(25)15-10-20(24)23(13-15)16-8-9-18(27-2)19(11-16)28-3/h4-9,11,15H,10,12-13H2,1-3H3,(H,22,25). The van der Waals surface area contributed by atoms with Gasteiger partial charge in [0, 0.05) is 36.8 Å². The quantitative estimate of drug-likeness (QED) is 0.793. The second-order valence-electron chi connectivity index (χ2n) is 6.47. The van der Waals surface area contributed by atoms with Crippen LogP contribution in [0.4, 0.5) is 5.69 Å². The number of benzene rings is 2. The lowest BCUT2D eigenvalue weighted by Gasteiger charge is -2.18. The van der Waals surface area contributed by atoms with Crippen molar-refractivity contribution in [2.24, 2.45) is 5.92 Å². The molecule has 1 fully saturated rings. The second kappa shape index (κ2) is 8.65. The molecular formula is C21H24N2O5. The molecule has 1 aliphatic rings. The fourth-order valence-corrected chi connectivity index (χ4v) is 3.30. The van der Waals surface area contributed by atoms with E-state index in [1.54, 1.807) is 44.4 Å². The van der Waals surface area contributed by atoms with Gasteiger partial charge in [0.25, 0.3) is 0 Å². The molecule has 0 saturated carbocycles. The minimum atomic E-state index is -0.407. The summed E-state index contributed by atoms with van der Waals surface area (Å²) < 4.78 is 15.8. The van der Waals surface area contributed by atoms with Gasteiger partial charge in [0.1, 0.15) is 5.75 Å². The molecule has 0 spiro atoms. The number of rotatable bonds is 7. The first-order valence-electron chi connectivity index (χ1n) is 8.99. The van der Waals surface area contributed by atoms with Crippen LogP contribution in [0, 0.1) is 5.92 Å². The Labute approximate surface area is 164 Å². The van der Waals surface area contributed by atoms with Crippen molar-refractivity contribution >= 4 is 17.5 Å². The maximum Gasteiger partial charge on any atom is 0.227 e. The number of carbonyl (C=O) groups excluding carboxylic acids is 2. The summed E-state index contributed by atoms with van der Waals surface area (Å²) in [6, 6.07) is 12.8. The summed E-state index contributed by atoms with van der Waals surface area (Å²) in [5.41, 5.74) is 1.57. The van der Waals surface area contributed by atoms with Crippen molar-refractivity contribution in [2.45, 2.75) is 13.0 Å². The minimum Gasteiger partial charge on any atom is -0.496 e. The van der Waals surface area contributed by atoms with E-state index >= 15 is 0 Å². The second-order valence-corrected chi connectivity index (χ2v) is 6.47. The highest BCUT2D eigenvalue weighted by molar-refractivity contribution is 6.00. The number of ether oxygens (including phenoxy) is 3. The monoisotopic (exact) mass is 384 g/mol. The Morgan fingerprint density at radius 1 is 1.04 bits per heavy atom. The van der Waals surface area contributed by atoms with Gasteiger partial charge >= 0.3 is 0 Å². The maximum absolute atomic E-state index is 12.6. The van der Waals surface area contributed by atoms with Crippen LogP contribution < -0.4 is 24.4 Å². The molecule has 0 bridgehead atoms. The van der Waals surface area contributed by atoms with Gasteiger partial charge in [-0.1, -0.05) is 18.2 Å². The number of carbonyl (C=O) groups is 2. The molecule has 1 N–H and O–H groups in total. The number of hydrogen-bond acceptors (Lipinski definition) is 5. The van der Waals surface area contributed by atoms with Crippen molar-refractivity contribution < 1.29 is 23.8 Å². The fraction of sp³-hybridized carbons (Fsp3) is 0.333. The zero-order valence-electron chi connectivity index (χ0n) is 16.2. The van der Waals surface area contributed by atoms with Crippen molar-refractivity contribution in [3.8, 4) is 17.2 Å². The average Bonchev–Trinajstić information content (AvgIpc) is 3.13. The van der Waals surface area contributed by atoms with Crippen molar-refractivity contribution in [3.05, 3.63) is 48.0 Å². The lowest BCUT2D eigenvalue weighted by molar-refractivity contribution is -0.126. The summed E-state index contributed by atoms with van der Waals surface area (Å²) >= 11 is 0. The molecule has 2 aromatic rings. The van der Waals surface area contributed by atoms with Gasteiger partial charge in [-0.05, 0) is 18.2 Å². The Bertz CT molecular complexity index is 868. The van der Waals surface area contributed by atoms with E-state index in [0.717, 1.165) is 11.3 Å². The number of methoxy groups -OCH3 is 3. The van der Waals surface area contributed by atoms with Crippen LogP contribution in [0.15, 0.2) is 42.5 Å². The van der Waals surface area contributed by atoms with Crippen LogP contribution in [0.5, 0.6) is 17.2 Å². The summed E-state index contributed by atoms with van der Waals surface area (Å²) in [5, 5.41) is 2.91. The van der Waals surface area contributed by atoms with E-state index < -0.39 is 5.92 Å². The van der Waals surface area contributed by atoms with Crippen molar-refractivity contribution in [3.63, 3.8) is 0 Å². The molecule has 1 saturated heterocycles. The number of amides is 2. The highest BCUT2D eigenvalue weighted by Gasteiger charge is 2.35. The molecule has 0 aliphatic carbocycles. The van der Waals surface area contributed by atoms with Gasteiger partial charge < -0.3 is 24.4 Å². The molecule has 0 radical (unpaired) electrons. The Kier molecular flexibility index (Phi) is 6.03. The third kappa shape index (κ3) is 4.03. The molecule has 1 aliphatic heterocycles. The summed E-state index contributed by atoms with van der Waals surface area (Å²) in [6.45, 7) is 0.677. The lowest BCUT2D eigenvalue weighted by Crippen LogP contribution is -2.32. The Morgan fingerprint density at radius 3 is 2.46 bits per heavy atom. The van der Waals surface area contributed by atoms with E-state index in [4.69, 9.17) is 14.2 Å². The van der Waals surface area contributed by atoms with Gasteiger partial charge in [-0.15, -0.1) is 0 Å². The normalized spacial score (nSPS) is 16.0. The first-order valence-corrected chi connectivity index (χ1v) is 8.99. The van der Waals surface area contributed by atoms with E-state index in [1.165, 1.54) is 0 Å². The highest BCUT2D eigenvalue weighted by atomic mass is 16.5. The molecule has 148 valence electrons. The van der Waals surface area contributed by atoms with E-state index in [9.17, 15) is 9.59 Å². The number of anilines is 1. The van der Waals surface area contributed by atoms with Crippen molar-refractivity contribution in [1.29, 1.82) is 0 Å². The fourth-order valence-electron chi connectivity index (χ4n) is 3.30. The zero-order chi connectivity index (χ0) is 20.1. The first kappa shape index (κ1) is 19.5. The third-order valence-corrected chi connectivity index (χ3v) is 4.82. The molecule has 2 amide bonds. The largest absolute Gasteiger partial charge is 0.496 e. The first-order chi connectivity index (χ1) is 13.6. The van der Waals surface area contributed by atoms with Crippen LogP contribution in [0.2, 0.25) is 0 Å². The number of nitrogens with zero attached hydrogens (tertiary/aromatic N) is 1. The Balaban J connectivity index is 1.66. The Morgan fingerprint density at radius 2 is 1.75 bits per heavy atom. The number of para-hydroxylation sites is 1. The summed E-state index contributed by atoms with van der Waals surface area (Å²) in [5.74, 6) is 1.19. The van der Waals surface area contributed by atoms with Gasteiger partial charge in [0.05, 0.1) is 27.2 Å². The molecule has 0 aromatic heterocycles. The van der Waals surface area contributed by atoms with Crippen LogP contribution in [0.1, 0.15) is 12.0 Å². The molecule has 1 atom stereocenters. The lowest BCUT2D eigenvalue weighted by atomic mass is 10.1. The van der Waals surface area contributed by atoms with Gasteiger partial charge in [-0.25, -0.2) is 0 Å². The molecule has 7 heteroatoms. The summed E-state index contributed by atoms with van der Waals surface area (Å²) in [7, 11) is 4.69. The molecule has 28 heavy (non-hydrogen) atoms. The number of nitrogens with one attached hydrogen (secondary N) is 1. The van der Waals surface area contributed by atoms with Crippen LogP contribution in [0.25, 0.3) is 0 Å². The topological polar surface area (TPSA) is 77.1 Å². The van der Waals surface area contributed by atoms with Gasteiger partial charge in [0.2, 0.25) is 11.8 Å². The number of hydrogen-bond donors (Lipinski definition) is 1. The third-order valence-electron chi connectivity index (χ3n) is 4.82. The molecule has 7 nitrogen and oxygen atoms in total. The predicted octanol–water partition coefficient (Wildman–Crippen LogP) is 2.38. The average molecular weight is 384 g/mol. The van der Waals surface area contributed by atoms with Gasteiger partial charge in [-0.3, -0.25) is 9.59 Å². The van der Waals surface area contributed by atoms with E-state index in [1.807, 2.05) is 24.3 Å². The summed E-state index contributed by atoms with van der Waals surface area (Å²) in [4.78, 5) is 26.7. The molecule has 3 rings (SSSR count). The van der Waals surface area contributed by atoms with Crippen LogP contribution >= 0.6 is 0 Å². The molecule has 2 aromatic carbocycles. The zero-order valence-corrected chi connectivity index (χ0v) is 16.2. The van der Waals surface area contributed by atoms with E-state index in [0.29, 0.717) is 30.3 Å². The Hall–Kier alpha value is -3.22. The van der Waals surface area contributed by atoms with E-state index in [2.05, 4.69) is 5.32 Å². The molecule has 1 unspecified atom stereocenters. The van der Waals surface area contributed by atoms with Crippen LogP contribution in [-0.4, -0.2) is 39.7 Å². The molecule has 1 heterocycles. The SMILES string of the molecule is COc1ccccc1CNC(=O)C1CC(=O)N(c2ccc(OC)c(OC)c2)C1. The minimum absolute atomic E-state index is 0.0929. The van der Waals surface area contributed by atoms with Crippen molar-refractivity contribution in [1.82, 2.24) is 5.32 Å². The maximum atomic E-state index is 12.6. The van der Waals surface area contributed by atoms with Crippen LogP contribution in [0.3, 0.4) is 0 Å². The van der Waals surface area contributed by atoms with Crippen LogP contribution in [-0.2, 0) is 16.1 Å². The molecular weight excluding hydrogens is 360 g/mol. The van der Waals surface area contributed by atoms with Crippen molar-refractivity contribution in [2.75, 3.05) is 32.8 Å². The summed E-state index contributed by atoms with van der Waals surface area (Å²) in [6.07, 6.45) is 0.173. The smallest absolute Gasteiger partial charge is 0.227 e.